The number of ether oxygens (including phenoxy) is 1. The van der Waals surface area contributed by atoms with Crippen molar-refractivity contribution in [3.63, 3.8) is 0 Å². The molecule has 0 fully saturated rings. The molecule has 0 saturated heterocycles. The molecule has 3 nitrogen and oxygen atoms in total. The number of rotatable bonds is 3. The van der Waals surface area contributed by atoms with Crippen LogP contribution in [0.15, 0.2) is 12.1 Å². The van der Waals surface area contributed by atoms with Crippen molar-refractivity contribution in [2.75, 3.05) is 0 Å². The van der Waals surface area contributed by atoms with Crippen LogP contribution in [0.2, 0.25) is 0 Å². The molecular formula is C9H4F3NO2. The molecule has 0 atom stereocenters. The minimum atomic E-state index is -3.26. The Labute approximate surface area is 82.7 Å². The van der Waals surface area contributed by atoms with Crippen LogP contribution in [0.1, 0.15) is 15.9 Å². The highest BCUT2D eigenvalue weighted by molar-refractivity contribution is 5.77. The third kappa shape index (κ3) is 2.26. The normalized spacial score (nSPS) is 9.80. The lowest BCUT2D eigenvalue weighted by Gasteiger charge is -2.08. The molecule has 0 aliphatic rings. The molecule has 0 amide bonds. The van der Waals surface area contributed by atoms with E-state index in [-0.39, 0.29) is 6.29 Å². The summed E-state index contributed by atoms with van der Waals surface area (Å²) >= 11 is 0. The van der Waals surface area contributed by atoms with E-state index in [1.807, 2.05) is 0 Å². The Morgan fingerprint density at radius 2 is 2.13 bits per heavy atom. The second-order valence-electron chi connectivity index (χ2n) is 2.45. The van der Waals surface area contributed by atoms with Gasteiger partial charge in [0.25, 0.3) is 0 Å². The van der Waals surface area contributed by atoms with Gasteiger partial charge in [-0.05, 0) is 12.1 Å². The molecule has 0 saturated carbocycles. The number of aldehydes is 1. The average molecular weight is 215 g/mol. The summed E-state index contributed by atoms with van der Waals surface area (Å²) in [5.41, 5.74) is -0.831. The predicted molar refractivity (Wildman–Crippen MR) is 43.1 cm³/mol. The molecule has 0 bridgehead atoms. The molecule has 15 heavy (non-hydrogen) atoms. The largest absolute Gasteiger partial charge is 0.430 e. The van der Waals surface area contributed by atoms with E-state index in [2.05, 4.69) is 4.74 Å². The second-order valence-corrected chi connectivity index (χ2v) is 2.45. The fourth-order valence-corrected chi connectivity index (χ4v) is 0.955. The van der Waals surface area contributed by atoms with E-state index in [1.165, 1.54) is 6.07 Å². The van der Waals surface area contributed by atoms with Crippen molar-refractivity contribution in [1.82, 2.24) is 0 Å². The van der Waals surface area contributed by atoms with Gasteiger partial charge >= 0.3 is 6.61 Å². The Kier molecular flexibility index (Phi) is 3.29. The SMILES string of the molecule is N#Cc1ccc(C=O)c(F)c1OC(F)F. The van der Waals surface area contributed by atoms with Crippen molar-refractivity contribution in [3.05, 3.63) is 29.1 Å². The highest BCUT2D eigenvalue weighted by atomic mass is 19.3. The fraction of sp³-hybridized carbons (Fsp3) is 0.111. The maximum absolute atomic E-state index is 13.2. The number of hydrogen-bond acceptors (Lipinski definition) is 3. The maximum Gasteiger partial charge on any atom is 0.387 e. The van der Waals surface area contributed by atoms with E-state index in [9.17, 15) is 18.0 Å². The molecule has 78 valence electrons. The second kappa shape index (κ2) is 4.46. The average Bonchev–Trinajstić information content (AvgIpc) is 2.20. The number of carbonyl (C=O) groups is 1. The predicted octanol–water partition coefficient (Wildman–Crippen LogP) is 2.11. The van der Waals surface area contributed by atoms with Crippen molar-refractivity contribution in [3.8, 4) is 11.8 Å². The van der Waals surface area contributed by atoms with Gasteiger partial charge in [-0.2, -0.15) is 14.0 Å². The molecule has 6 heteroatoms. The lowest BCUT2D eigenvalue weighted by molar-refractivity contribution is -0.0524. The Morgan fingerprint density at radius 1 is 1.47 bits per heavy atom. The van der Waals surface area contributed by atoms with Gasteiger partial charge in [0.2, 0.25) is 0 Å². The number of alkyl halides is 2. The first-order valence-corrected chi connectivity index (χ1v) is 3.72. The van der Waals surface area contributed by atoms with Crippen molar-refractivity contribution in [1.29, 1.82) is 5.26 Å². The highest BCUT2D eigenvalue weighted by Gasteiger charge is 2.17. The smallest absolute Gasteiger partial charge is 0.387 e. The number of halogens is 3. The van der Waals surface area contributed by atoms with Crippen LogP contribution in [0.5, 0.6) is 5.75 Å². The molecule has 1 aromatic carbocycles. The van der Waals surface area contributed by atoms with Crippen molar-refractivity contribution in [2.45, 2.75) is 6.61 Å². The summed E-state index contributed by atoms with van der Waals surface area (Å²) < 4.78 is 40.8. The van der Waals surface area contributed by atoms with Crippen molar-refractivity contribution < 1.29 is 22.7 Å². The number of nitrogens with zero attached hydrogens (tertiary/aromatic N) is 1. The Hall–Kier alpha value is -2.03. The molecule has 1 aromatic rings. The summed E-state index contributed by atoms with van der Waals surface area (Å²) in [6, 6.07) is 3.52. The first-order valence-electron chi connectivity index (χ1n) is 3.72. The third-order valence-corrected chi connectivity index (χ3v) is 1.58. The number of carbonyl (C=O) groups excluding carboxylic acids is 1. The van der Waals surface area contributed by atoms with Gasteiger partial charge in [-0.3, -0.25) is 4.79 Å². The van der Waals surface area contributed by atoms with Gasteiger partial charge in [0.05, 0.1) is 11.1 Å². The molecular weight excluding hydrogens is 211 g/mol. The van der Waals surface area contributed by atoms with Gasteiger partial charge in [0.1, 0.15) is 6.07 Å². The molecule has 0 aliphatic heterocycles. The zero-order valence-corrected chi connectivity index (χ0v) is 7.21. The number of hydrogen-bond donors (Lipinski definition) is 0. The van der Waals surface area contributed by atoms with Gasteiger partial charge in [-0.1, -0.05) is 0 Å². The minimum absolute atomic E-state index is 0.148. The molecule has 0 spiro atoms. The Balaban J connectivity index is 3.30. The highest BCUT2D eigenvalue weighted by Crippen LogP contribution is 2.26. The molecule has 0 aliphatic carbocycles. The molecule has 0 radical (unpaired) electrons. The maximum atomic E-state index is 13.2. The van der Waals surface area contributed by atoms with Crippen LogP contribution in [0.25, 0.3) is 0 Å². The monoisotopic (exact) mass is 215 g/mol. The van der Waals surface area contributed by atoms with Crippen LogP contribution in [0, 0.1) is 17.1 Å². The minimum Gasteiger partial charge on any atom is -0.430 e. The number of benzene rings is 1. The van der Waals surface area contributed by atoms with Crippen LogP contribution in [0.3, 0.4) is 0 Å². The molecule has 0 unspecified atom stereocenters. The van der Waals surface area contributed by atoms with E-state index in [1.54, 1.807) is 0 Å². The van der Waals surface area contributed by atoms with Crippen LogP contribution in [0.4, 0.5) is 13.2 Å². The third-order valence-electron chi connectivity index (χ3n) is 1.58. The van der Waals surface area contributed by atoms with Gasteiger partial charge in [-0.25, -0.2) is 4.39 Å². The van der Waals surface area contributed by atoms with E-state index >= 15 is 0 Å². The van der Waals surface area contributed by atoms with Crippen LogP contribution >= 0.6 is 0 Å². The standard InChI is InChI=1S/C9H4F3NO2/c10-7-6(4-14)2-1-5(3-13)8(7)15-9(11)12/h1-2,4,9H. The first kappa shape index (κ1) is 11.0. The summed E-state index contributed by atoms with van der Waals surface area (Å²) in [6.07, 6.45) is 0.148. The Morgan fingerprint density at radius 3 is 2.60 bits per heavy atom. The van der Waals surface area contributed by atoms with Crippen LogP contribution in [-0.4, -0.2) is 12.9 Å². The lowest BCUT2D eigenvalue weighted by Crippen LogP contribution is -2.07. The van der Waals surface area contributed by atoms with E-state index in [0.29, 0.717) is 0 Å². The van der Waals surface area contributed by atoms with Gasteiger partial charge < -0.3 is 4.74 Å². The van der Waals surface area contributed by atoms with E-state index in [4.69, 9.17) is 5.26 Å². The molecule has 0 N–H and O–H groups in total. The molecule has 0 heterocycles. The first-order chi connectivity index (χ1) is 7.10. The topological polar surface area (TPSA) is 50.1 Å². The van der Waals surface area contributed by atoms with Crippen LogP contribution < -0.4 is 4.74 Å². The summed E-state index contributed by atoms with van der Waals surface area (Å²) in [5.74, 6) is -2.17. The van der Waals surface area contributed by atoms with Crippen molar-refractivity contribution >= 4 is 6.29 Å². The van der Waals surface area contributed by atoms with Gasteiger partial charge in [0.15, 0.2) is 17.9 Å². The van der Waals surface area contributed by atoms with Gasteiger partial charge in [0, 0.05) is 0 Å². The van der Waals surface area contributed by atoms with E-state index in [0.717, 1.165) is 12.1 Å². The molecule has 1 rings (SSSR count). The Bertz CT molecular complexity index is 426. The van der Waals surface area contributed by atoms with E-state index < -0.39 is 29.3 Å². The van der Waals surface area contributed by atoms with Gasteiger partial charge in [-0.15, -0.1) is 0 Å². The summed E-state index contributed by atoms with van der Waals surface area (Å²) in [4.78, 5) is 10.3. The lowest BCUT2D eigenvalue weighted by atomic mass is 10.1. The fourth-order valence-electron chi connectivity index (χ4n) is 0.955. The quantitative estimate of drug-likeness (QED) is 0.725. The zero-order valence-electron chi connectivity index (χ0n) is 7.21. The molecule has 0 aromatic heterocycles. The van der Waals surface area contributed by atoms with Crippen molar-refractivity contribution in [2.24, 2.45) is 0 Å². The van der Waals surface area contributed by atoms with Crippen LogP contribution in [-0.2, 0) is 0 Å². The summed E-state index contributed by atoms with van der Waals surface area (Å²) in [7, 11) is 0. The zero-order chi connectivity index (χ0) is 11.4. The summed E-state index contributed by atoms with van der Waals surface area (Å²) in [5, 5.41) is 8.49. The summed E-state index contributed by atoms with van der Waals surface area (Å²) in [6.45, 7) is -3.26. The number of nitriles is 1.